The van der Waals surface area contributed by atoms with Crippen LogP contribution in [0.4, 0.5) is 0 Å². The van der Waals surface area contributed by atoms with Gasteiger partial charge in [-0.15, -0.1) is 0 Å². The topological polar surface area (TPSA) is 62.4 Å². The van der Waals surface area contributed by atoms with Crippen molar-refractivity contribution in [3.63, 3.8) is 0 Å². The Morgan fingerprint density at radius 3 is 2.39 bits per heavy atom. The quantitative estimate of drug-likeness (QED) is 0.300. The van der Waals surface area contributed by atoms with Crippen LogP contribution in [0.15, 0.2) is 4.99 Å². The average Bonchev–Trinajstić information content (AvgIpc) is 2.92. The zero-order valence-electron chi connectivity index (χ0n) is 12.0. The van der Waals surface area contributed by atoms with Crippen LogP contribution in [0.5, 0.6) is 0 Å². The highest BCUT2D eigenvalue weighted by Gasteiger charge is 2.25. The van der Waals surface area contributed by atoms with E-state index in [1.807, 2.05) is 11.8 Å². The summed E-state index contributed by atoms with van der Waals surface area (Å²) in [5.74, 6) is 6.31. The number of hydrogen-bond acceptors (Lipinski definition) is 3. The van der Waals surface area contributed by atoms with Gasteiger partial charge >= 0.3 is 0 Å². The summed E-state index contributed by atoms with van der Waals surface area (Å²) in [6.07, 6.45) is 9.53. The molecular formula is C13H28N4S. The van der Waals surface area contributed by atoms with Crippen LogP contribution in [-0.4, -0.2) is 29.5 Å². The van der Waals surface area contributed by atoms with Gasteiger partial charge in [-0.25, -0.2) is 5.84 Å². The summed E-state index contributed by atoms with van der Waals surface area (Å²) in [5.41, 5.74) is 2.70. The second kappa shape index (κ2) is 7.89. The number of nitrogens with two attached hydrogens (primary N) is 1. The molecule has 5 heteroatoms. The van der Waals surface area contributed by atoms with Crippen molar-refractivity contribution >= 4 is 17.7 Å². The summed E-state index contributed by atoms with van der Waals surface area (Å²) in [4.78, 5) is 4.64. The molecule has 0 aromatic carbocycles. The van der Waals surface area contributed by atoms with Crippen molar-refractivity contribution in [2.75, 3.05) is 12.8 Å². The zero-order chi connectivity index (χ0) is 13.4. The molecule has 4 nitrogen and oxygen atoms in total. The van der Waals surface area contributed by atoms with Crippen molar-refractivity contribution < 1.29 is 0 Å². The molecule has 18 heavy (non-hydrogen) atoms. The van der Waals surface area contributed by atoms with Gasteiger partial charge in [-0.1, -0.05) is 26.7 Å². The fourth-order valence-corrected chi connectivity index (χ4v) is 3.22. The summed E-state index contributed by atoms with van der Waals surface area (Å²) in [5, 5.41) is 3.42. The van der Waals surface area contributed by atoms with Crippen molar-refractivity contribution in [3.8, 4) is 0 Å². The Morgan fingerprint density at radius 1 is 1.33 bits per heavy atom. The smallest absolute Gasteiger partial charge is 0.205 e. The van der Waals surface area contributed by atoms with Gasteiger partial charge in [-0.2, -0.15) is 11.8 Å². The lowest BCUT2D eigenvalue weighted by atomic mass is 10.0. The molecule has 0 aliphatic heterocycles. The minimum absolute atomic E-state index is 0.249. The van der Waals surface area contributed by atoms with Gasteiger partial charge in [0.2, 0.25) is 5.96 Å². The van der Waals surface area contributed by atoms with Crippen LogP contribution >= 0.6 is 11.8 Å². The zero-order valence-corrected chi connectivity index (χ0v) is 12.8. The van der Waals surface area contributed by atoms with E-state index in [0.29, 0.717) is 6.04 Å². The van der Waals surface area contributed by atoms with Crippen LogP contribution in [0.2, 0.25) is 0 Å². The van der Waals surface area contributed by atoms with Crippen molar-refractivity contribution in [1.82, 2.24) is 10.7 Å². The first kappa shape index (κ1) is 15.6. The summed E-state index contributed by atoms with van der Waals surface area (Å²) in [7, 11) is 0. The van der Waals surface area contributed by atoms with E-state index in [0.717, 1.165) is 25.3 Å². The van der Waals surface area contributed by atoms with E-state index in [1.165, 1.54) is 25.7 Å². The van der Waals surface area contributed by atoms with Crippen LogP contribution in [-0.2, 0) is 0 Å². The van der Waals surface area contributed by atoms with Crippen molar-refractivity contribution in [2.24, 2.45) is 10.8 Å². The molecule has 1 fully saturated rings. The van der Waals surface area contributed by atoms with Crippen LogP contribution in [0, 0.1) is 0 Å². The molecule has 106 valence electrons. The number of hydrogen-bond donors (Lipinski definition) is 3. The first-order chi connectivity index (χ1) is 8.69. The monoisotopic (exact) mass is 272 g/mol. The van der Waals surface area contributed by atoms with Crippen molar-refractivity contribution in [1.29, 1.82) is 0 Å². The number of nitrogens with one attached hydrogen (secondary N) is 2. The fourth-order valence-electron chi connectivity index (χ4n) is 2.45. The Labute approximate surface area is 116 Å². The molecule has 0 aromatic heterocycles. The number of aliphatic imine (C=N–C) groups is 1. The number of rotatable bonds is 6. The third kappa shape index (κ3) is 4.35. The molecule has 0 heterocycles. The van der Waals surface area contributed by atoms with Gasteiger partial charge in [0.05, 0.1) is 6.54 Å². The molecule has 1 rings (SSSR count). The van der Waals surface area contributed by atoms with Crippen molar-refractivity contribution in [3.05, 3.63) is 0 Å². The van der Waals surface area contributed by atoms with Gasteiger partial charge in [0.25, 0.3) is 0 Å². The first-order valence-electron chi connectivity index (χ1n) is 7.02. The normalized spacial score (nSPS) is 18.1. The summed E-state index contributed by atoms with van der Waals surface area (Å²) in [6, 6.07) is 0.548. The minimum atomic E-state index is 0.249. The number of nitrogens with zero attached hydrogens (tertiary/aromatic N) is 1. The SMILES string of the molecule is CCC(CC)(CN=C(NN)NC1CCCC1)SC. The maximum atomic E-state index is 5.55. The lowest BCUT2D eigenvalue weighted by Crippen LogP contribution is -2.46. The highest BCUT2D eigenvalue weighted by molar-refractivity contribution is 8.00. The largest absolute Gasteiger partial charge is 0.353 e. The van der Waals surface area contributed by atoms with Crippen LogP contribution < -0.4 is 16.6 Å². The third-order valence-electron chi connectivity index (χ3n) is 4.08. The molecular weight excluding hydrogens is 244 g/mol. The Morgan fingerprint density at radius 2 is 1.94 bits per heavy atom. The second-order valence-corrected chi connectivity index (χ2v) is 6.30. The molecule has 0 spiro atoms. The Balaban J connectivity index is 2.54. The highest BCUT2D eigenvalue weighted by Crippen LogP contribution is 2.30. The van der Waals surface area contributed by atoms with Gasteiger partial charge in [-0.05, 0) is 31.9 Å². The molecule has 0 amide bonds. The average molecular weight is 272 g/mol. The molecule has 0 radical (unpaired) electrons. The van der Waals surface area contributed by atoms with E-state index >= 15 is 0 Å². The highest BCUT2D eigenvalue weighted by atomic mass is 32.2. The predicted octanol–water partition coefficient (Wildman–Crippen LogP) is 2.26. The van der Waals surface area contributed by atoms with E-state index in [4.69, 9.17) is 5.84 Å². The van der Waals surface area contributed by atoms with Crippen LogP contribution in [0.25, 0.3) is 0 Å². The maximum absolute atomic E-state index is 5.55. The summed E-state index contributed by atoms with van der Waals surface area (Å²) >= 11 is 1.91. The van der Waals surface area contributed by atoms with Gasteiger partial charge < -0.3 is 5.32 Å². The Bertz CT molecular complexity index is 249. The molecule has 0 saturated heterocycles. The number of guanidine groups is 1. The van der Waals surface area contributed by atoms with Crippen molar-refractivity contribution in [2.45, 2.75) is 63.2 Å². The first-order valence-corrected chi connectivity index (χ1v) is 8.25. The minimum Gasteiger partial charge on any atom is -0.353 e. The third-order valence-corrected chi connectivity index (χ3v) is 5.65. The van der Waals surface area contributed by atoms with Crippen LogP contribution in [0.3, 0.4) is 0 Å². The van der Waals surface area contributed by atoms with E-state index in [1.54, 1.807) is 0 Å². The van der Waals surface area contributed by atoms with Gasteiger partial charge in [0.1, 0.15) is 0 Å². The standard InChI is InChI=1S/C13H28N4S/c1-4-13(5-2,18-3)10-15-12(17-14)16-11-8-6-7-9-11/h11H,4-10,14H2,1-3H3,(H2,15,16,17). The molecule has 0 atom stereocenters. The molecule has 1 aliphatic rings. The predicted molar refractivity (Wildman–Crippen MR) is 81.8 cm³/mol. The molecule has 0 aromatic rings. The lowest BCUT2D eigenvalue weighted by Gasteiger charge is -2.28. The number of thioether (sulfide) groups is 1. The maximum Gasteiger partial charge on any atom is 0.205 e. The van der Waals surface area contributed by atoms with E-state index in [2.05, 4.69) is 35.8 Å². The van der Waals surface area contributed by atoms with E-state index < -0.39 is 0 Å². The molecule has 1 saturated carbocycles. The van der Waals surface area contributed by atoms with Gasteiger partial charge in [0.15, 0.2) is 0 Å². The lowest BCUT2D eigenvalue weighted by molar-refractivity contribution is 0.553. The van der Waals surface area contributed by atoms with E-state index in [-0.39, 0.29) is 4.75 Å². The molecule has 0 unspecified atom stereocenters. The van der Waals surface area contributed by atoms with E-state index in [9.17, 15) is 0 Å². The molecule has 1 aliphatic carbocycles. The Kier molecular flexibility index (Phi) is 6.86. The molecule has 4 N–H and O–H groups in total. The number of hydrazine groups is 1. The molecule has 0 bridgehead atoms. The summed E-state index contributed by atoms with van der Waals surface area (Å²) in [6.45, 7) is 5.28. The van der Waals surface area contributed by atoms with Crippen LogP contribution in [0.1, 0.15) is 52.4 Å². The second-order valence-electron chi connectivity index (χ2n) is 5.03. The fraction of sp³-hybridized carbons (Fsp3) is 0.923. The van der Waals surface area contributed by atoms with Gasteiger partial charge in [0, 0.05) is 10.8 Å². The van der Waals surface area contributed by atoms with Gasteiger partial charge in [-0.3, -0.25) is 10.4 Å². The Hall–Kier alpha value is -0.420. The summed E-state index contributed by atoms with van der Waals surface area (Å²) < 4.78 is 0.249.